The van der Waals surface area contributed by atoms with E-state index in [0.29, 0.717) is 17.3 Å². The summed E-state index contributed by atoms with van der Waals surface area (Å²) < 4.78 is 0. The van der Waals surface area contributed by atoms with Gasteiger partial charge in [0, 0.05) is 6.42 Å². The average Bonchev–Trinajstić information content (AvgIpc) is 2.91. The van der Waals surface area contributed by atoms with Gasteiger partial charge in [0.05, 0.1) is 0 Å². The fraction of sp³-hybridized carbons (Fsp3) is 0.957. The van der Waals surface area contributed by atoms with Gasteiger partial charge in [-0.05, 0) is 105 Å². The Morgan fingerprint density at radius 1 is 0.920 bits per heavy atom. The van der Waals surface area contributed by atoms with Gasteiger partial charge in [0.15, 0.2) is 0 Å². The number of carboxylic acids is 1. The summed E-state index contributed by atoms with van der Waals surface area (Å²) in [5, 5.41) is 8.98. The maximum atomic E-state index is 10.9. The third-order valence-corrected chi connectivity index (χ3v) is 9.72. The van der Waals surface area contributed by atoms with Crippen LogP contribution in [0.5, 0.6) is 0 Å². The lowest BCUT2D eigenvalue weighted by molar-refractivity contribution is -0.137. The first kappa shape index (κ1) is 17.9. The first-order valence-corrected chi connectivity index (χ1v) is 11.2. The fourth-order valence-corrected chi connectivity index (χ4v) is 8.38. The molecule has 0 amide bonds. The highest BCUT2D eigenvalue weighted by Crippen LogP contribution is 2.67. The average molecular weight is 347 g/mol. The van der Waals surface area contributed by atoms with Gasteiger partial charge in [-0.3, -0.25) is 4.79 Å². The topological polar surface area (TPSA) is 37.3 Å². The molecule has 0 bridgehead atoms. The second kappa shape index (κ2) is 6.57. The van der Waals surface area contributed by atoms with E-state index in [1.807, 2.05) is 0 Å². The van der Waals surface area contributed by atoms with E-state index in [4.69, 9.17) is 5.11 Å². The van der Waals surface area contributed by atoms with Gasteiger partial charge < -0.3 is 5.11 Å². The summed E-state index contributed by atoms with van der Waals surface area (Å²) in [6.07, 6.45) is 17.0. The van der Waals surface area contributed by atoms with Crippen LogP contribution >= 0.6 is 0 Å². The van der Waals surface area contributed by atoms with Crippen LogP contribution in [-0.2, 0) is 4.79 Å². The first-order valence-electron chi connectivity index (χ1n) is 11.2. The van der Waals surface area contributed by atoms with E-state index in [2.05, 4.69) is 13.8 Å². The molecule has 0 aromatic carbocycles. The molecule has 1 N–H and O–H groups in total. The summed E-state index contributed by atoms with van der Waals surface area (Å²) in [4.78, 5) is 10.9. The van der Waals surface area contributed by atoms with E-state index in [1.165, 1.54) is 64.2 Å². The molecule has 142 valence electrons. The SMILES string of the molecule is CC12CCCCC1CCC1C2CCC2(C)C1CC[C@@H]2CCCC(=O)O. The highest BCUT2D eigenvalue weighted by Gasteiger charge is 2.59. The summed E-state index contributed by atoms with van der Waals surface area (Å²) in [5.74, 6) is 4.08. The third kappa shape index (κ3) is 2.86. The summed E-state index contributed by atoms with van der Waals surface area (Å²) >= 11 is 0. The molecular formula is C23H38O2. The van der Waals surface area contributed by atoms with E-state index in [-0.39, 0.29) is 0 Å². The number of carboxylic acid groups (broad SMARTS) is 1. The fourth-order valence-electron chi connectivity index (χ4n) is 8.38. The molecule has 0 aliphatic heterocycles. The maximum absolute atomic E-state index is 10.9. The maximum Gasteiger partial charge on any atom is 0.303 e. The lowest BCUT2D eigenvalue weighted by atomic mass is 9.45. The van der Waals surface area contributed by atoms with Gasteiger partial charge in [-0.1, -0.05) is 26.7 Å². The Balaban J connectivity index is 1.48. The van der Waals surface area contributed by atoms with Crippen LogP contribution in [0.4, 0.5) is 0 Å². The van der Waals surface area contributed by atoms with Gasteiger partial charge in [-0.15, -0.1) is 0 Å². The van der Waals surface area contributed by atoms with Gasteiger partial charge in [0.2, 0.25) is 0 Å². The highest BCUT2D eigenvalue weighted by atomic mass is 16.4. The molecule has 2 nitrogen and oxygen atoms in total. The Morgan fingerprint density at radius 3 is 2.52 bits per heavy atom. The number of fused-ring (bicyclic) bond motifs is 5. The number of carbonyl (C=O) groups is 1. The minimum absolute atomic E-state index is 0.364. The van der Waals surface area contributed by atoms with Crippen LogP contribution in [0.25, 0.3) is 0 Å². The van der Waals surface area contributed by atoms with Crippen LogP contribution in [0, 0.1) is 40.4 Å². The van der Waals surface area contributed by atoms with Gasteiger partial charge in [-0.25, -0.2) is 0 Å². The molecule has 0 aromatic heterocycles. The van der Waals surface area contributed by atoms with Crippen molar-refractivity contribution >= 4 is 5.97 Å². The minimum atomic E-state index is -0.619. The molecule has 4 saturated carbocycles. The molecule has 0 radical (unpaired) electrons. The van der Waals surface area contributed by atoms with Crippen molar-refractivity contribution < 1.29 is 9.90 Å². The van der Waals surface area contributed by atoms with Gasteiger partial charge in [-0.2, -0.15) is 0 Å². The molecule has 0 heterocycles. The Kier molecular flexibility index (Phi) is 4.69. The second-order valence-corrected chi connectivity index (χ2v) is 10.5. The Morgan fingerprint density at radius 2 is 1.72 bits per heavy atom. The number of rotatable bonds is 4. The molecule has 4 aliphatic rings. The molecule has 2 heteroatoms. The van der Waals surface area contributed by atoms with Gasteiger partial charge in [0.1, 0.15) is 0 Å². The molecule has 4 aliphatic carbocycles. The van der Waals surface area contributed by atoms with E-state index in [0.717, 1.165) is 42.4 Å². The molecule has 6 unspecified atom stereocenters. The third-order valence-electron chi connectivity index (χ3n) is 9.72. The Hall–Kier alpha value is -0.530. The van der Waals surface area contributed by atoms with Crippen molar-refractivity contribution in [2.75, 3.05) is 0 Å². The van der Waals surface area contributed by atoms with Gasteiger partial charge >= 0.3 is 5.97 Å². The van der Waals surface area contributed by atoms with Gasteiger partial charge in [0.25, 0.3) is 0 Å². The molecule has 4 rings (SSSR count). The van der Waals surface area contributed by atoms with Crippen molar-refractivity contribution in [3.8, 4) is 0 Å². The monoisotopic (exact) mass is 346 g/mol. The second-order valence-electron chi connectivity index (χ2n) is 10.5. The lowest BCUT2D eigenvalue weighted by Crippen LogP contribution is -2.52. The molecular weight excluding hydrogens is 308 g/mol. The van der Waals surface area contributed by atoms with Crippen molar-refractivity contribution in [2.24, 2.45) is 40.4 Å². The van der Waals surface area contributed by atoms with Crippen molar-refractivity contribution in [3.05, 3.63) is 0 Å². The van der Waals surface area contributed by atoms with Crippen molar-refractivity contribution in [1.82, 2.24) is 0 Å². The van der Waals surface area contributed by atoms with Crippen molar-refractivity contribution in [1.29, 1.82) is 0 Å². The Bertz CT molecular complexity index is 514. The van der Waals surface area contributed by atoms with Crippen LogP contribution in [0.1, 0.15) is 97.3 Å². The smallest absolute Gasteiger partial charge is 0.303 e. The molecule has 0 aromatic rings. The summed E-state index contributed by atoms with van der Waals surface area (Å²) in [5.41, 5.74) is 1.15. The predicted octanol–water partition coefficient (Wildman–Crippen LogP) is 6.29. The van der Waals surface area contributed by atoms with Crippen molar-refractivity contribution in [2.45, 2.75) is 97.3 Å². The minimum Gasteiger partial charge on any atom is -0.481 e. The Labute approximate surface area is 154 Å². The first-order chi connectivity index (χ1) is 11.9. The van der Waals surface area contributed by atoms with Crippen LogP contribution in [0.3, 0.4) is 0 Å². The standard InChI is InChI=1S/C23H38O2/c1-22-14-4-3-6-16(22)9-11-18-19-12-10-17(7-5-8-21(24)25)23(19,2)15-13-20(18)22/h16-20H,3-15H2,1-2H3,(H,24,25)/t16?,17-,18?,19?,20?,22?,23?/m0/s1. The molecule has 0 spiro atoms. The van der Waals surface area contributed by atoms with Crippen LogP contribution < -0.4 is 0 Å². The lowest BCUT2D eigenvalue weighted by Gasteiger charge is -2.60. The van der Waals surface area contributed by atoms with E-state index in [9.17, 15) is 4.79 Å². The molecule has 0 saturated heterocycles. The molecule has 4 fully saturated rings. The van der Waals surface area contributed by atoms with Crippen LogP contribution in [0.2, 0.25) is 0 Å². The molecule has 25 heavy (non-hydrogen) atoms. The molecule has 7 atom stereocenters. The zero-order valence-electron chi connectivity index (χ0n) is 16.4. The van der Waals surface area contributed by atoms with E-state index >= 15 is 0 Å². The summed E-state index contributed by atoms with van der Waals surface area (Å²) in [6, 6.07) is 0. The number of hydrogen-bond donors (Lipinski definition) is 1. The van der Waals surface area contributed by atoms with E-state index < -0.39 is 5.97 Å². The predicted molar refractivity (Wildman–Crippen MR) is 101 cm³/mol. The van der Waals surface area contributed by atoms with E-state index in [1.54, 1.807) is 0 Å². The summed E-state index contributed by atoms with van der Waals surface area (Å²) in [6.45, 7) is 5.25. The largest absolute Gasteiger partial charge is 0.481 e. The van der Waals surface area contributed by atoms with Crippen LogP contribution in [0.15, 0.2) is 0 Å². The number of aliphatic carboxylic acids is 1. The van der Waals surface area contributed by atoms with Crippen molar-refractivity contribution in [3.63, 3.8) is 0 Å². The summed E-state index contributed by atoms with van der Waals surface area (Å²) in [7, 11) is 0. The zero-order valence-corrected chi connectivity index (χ0v) is 16.4. The zero-order chi connectivity index (χ0) is 17.7. The highest BCUT2D eigenvalue weighted by molar-refractivity contribution is 5.66. The quantitative estimate of drug-likeness (QED) is 0.649. The van der Waals surface area contributed by atoms with Crippen LogP contribution in [-0.4, -0.2) is 11.1 Å². The normalized spacial score (nSPS) is 49.1. The number of hydrogen-bond acceptors (Lipinski definition) is 1.